The normalized spacial score (nSPS) is 11.8. The highest BCUT2D eigenvalue weighted by atomic mass is 16.5. The summed E-state index contributed by atoms with van der Waals surface area (Å²) < 4.78 is 10.7. The van der Waals surface area contributed by atoms with E-state index in [2.05, 4.69) is 15.2 Å². The van der Waals surface area contributed by atoms with E-state index in [0.717, 1.165) is 11.3 Å². The van der Waals surface area contributed by atoms with Crippen LogP contribution in [-0.2, 0) is 4.74 Å². The molecule has 0 aliphatic rings. The number of likely N-dealkylation sites (N-methyl/N-ethyl adjacent to an activating group) is 1. The Hall–Kier alpha value is -3.19. The molecule has 0 fully saturated rings. The SMILES string of the molecule is COC[C@@H](c1ccccn1)N(C)C(=O)c1cc(-c2ccccc2OC)n[nH]1. The molecule has 1 N–H and O–H groups in total. The predicted octanol–water partition coefficient (Wildman–Crippen LogP) is 2.94. The zero-order chi connectivity index (χ0) is 19.2. The van der Waals surface area contributed by atoms with E-state index >= 15 is 0 Å². The van der Waals surface area contributed by atoms with E-state index in [-0.39, 0.29) is 11.9 Å². The summed E-state index contributed by atoms with van der Waals surface area (Å²) in [6, 6.07) is 14.6. The number of hydrogen-bond acceptors (Lipinski definition) is 5. The fraction of sp³-hybridized carbons (Fsp3) is 0.250. The number of aromatic amines is 1. The van der Waals surface area contributed by atoms with Gasteiger partial charge >= 0.3 is 0 Å². The van der Waals surface area contributed by atoms with Crippen molar-refractivity contribution < 1.29 is 14.3 Å². The van der Waals surface area contributed by atoms with Gasteiger partial charge in [0.05, 0.1) is 31.1 Å². The van der Waals surface area contributed by atoms with Crippen LogP contribution >= 0.6 is 0 Å². The lowest BCUT2D eigenvalue weighted by molar-refractivity contribution is 0.0589. The summed E-state index contributed by atoms with van der Waals surface area (Å²) in [6.07, 6.45) is 1.70. The maximum atomic E-state index is 13.0. The van der Waals surface area contributed by atoms with Gasteiger partial charge in [0.2, 0.25) is 0 Å². The minimum Gasteiger partial charge on any atom is -0.496 e. The predicted molar refractivity (Wildman–Crippen MR) is 102 cm³/mol. The fourth-order valence-corrected chi connectivity index (χ4v) is 2.88. The standard InChI is InChI=1S/C20H22N4O3/c1-24(18(13-26-2)15-9-6-7-11-21-15)20(25)17-12-16(22-23-17)14-8-4-5-10-19(14)27-3/h4-12,18H,13H2,1-3H3,(H,22,23)/t18-/m0/s1. The molecule has 0 bridgehead atoms. The van der Waals surface area contributed by atoms with E-state index < -0.39 is 0 Å². The molecular weight excluding hydrogens is 344 g/mol. The van der Waals surface area contributed by atoms with E-state index in [1.165, 1.54) is 0 Å². The summed E-state index contributed by atoms with van der Waals surface area (Å²) in [5.74, 6) is 0.499. The van der Waals surface area contributed by atoms with Crippen LogP contribution in [-0.4, -0.2) is 53.9 Å². The second-order valence-electron chi connectivity index (χ2n) is 6.01. The Morgan fingerprint density at radius 1 is 1.19 bits per heavy atom. The van der Waals surface area contributed by atoms with Crippen molar-refractivity contribution in [1.29, 1.82) is 0 Å². The number of rotatable bonds is 7. The van der Waals surface area contributed by atoms with Crippen LogP contribution in [0, 0.1) is 0 Å². The Bertz CT molecular complexity index is 895. The summed E-state index contributed by atoms with van der Waals surface area (Å²) >= 11 is 0. The van der Waals surface area contributed by atoms with Crippen LogP contribution in [0.25, 0.3) is 11.3 Å². The molecule has 0 unspecified atom stereocenters. The van der Waals surface area contributed by atoms with E-state index in [1.807, 2.05) is 42.5 Å². The quantitative estimate of drug-likeness (QED) is 0.695. The molecular formula is C20H22N4O3. The van der Waals surface area contributed by atoms with Crippen molar-refractivity contribution in [3.63, 3.8) is 0 Å². The molecule has 140 valence electrons. The number of nitrogens with one attached hydrogen (secondary N) is 1. The second-order valence-corrected chi connectivity index (χ2v) is 6.01. The number of carbonyl (C=O) groups excluding carboxylic acids is 1. The number of hydrogen-bond donors (Lipinski definition) is 1. The van der Waals surface area contributed by atoms with Crippen LogP contribution in [0.4, 0.5) is 0 Å². The Morgan fingerprint density at radius 2 is 1.96 bits per heavy atom. The van der Waals surface area contributed by atoms with Gasteiger partial charge in [0.25, 0.3) is 5.91 Å². The molecule has 0 saturated carbocycles. The maximum absolute atomic E-state index is 13.0. The molecule has 1 amide bonds. The van der Waals surface area contributed by atoms with E-state index in [1.54, 1.807) is 38.4 Å². The molecule has 0 aliphatic carbocycles. The number of pyridine rings is 1. The highest BCUT2D eigenvalue weighted by Gasteiger charge is 2.25. The van der Waals surface area contributed by atoms with Crippen LogP contribution in [0.2, 0.25) is 0 Å². The highest BCUT2D eigenvalue weighted by molar-refractivity contribution is 5.93. The van der Waals surface area contributed by atoms with Crippen molar-refractivity contribution in [3.05, 3.63) is 66.1 Å². The topological polar surface area (TPSA) is 80.3 Å². The number of H-pyrrole nitrogens is 1. The average Bonchev–Trinajstić information content (AvgIpc) is 3.21. The molecule has 1 aromatic carbocycles. The molecule has 0 saturated heterocycles. The lowest BCUT2D eigenvalue weighted by atomic mass is 10.1. The molecule has 2 heterocycles. The third-order valence-corrected chi connectivity index (χ3v) is 4.33. The first kappa shape index (κ1) is 18.6. The van der Waals surface area contributed by atoms with Crippen LogP contribution in [0.15, 0.2) is 54.7 Å². The fourth-order valence-electron chi connectivity index (χ4n) is 2.88. The monoisotopic (exact) mass is 366 g/mol. The largest absolute Gasteiger partial charge is 0.496 e. The molecule has 7 heteroatoms. The molecule has 3 rings (SSSR count). The van der Waals surface area contributed by atoms with Crippen LogP contribution in [0.3, 0.4) is 0 Å². The third kappa shape index (κ3) is 3.98. The van der Waals surface area contributed by atoms with Crippen molar-refractivity contribution in [3.8, 4) is 17.0 Å². The first-order valence-electron chi connectivity index (χ1n) is 8.51. The molecule has 3 aromatic rings. The van der Waals surface area contributed by atoms with Gasteiger partial charge in [-0.15, -0.1) is 0 Å². The van der Waals surface area contributed by atoms with Crippen molar-refractivity contribution in [2.45, 2.75) is 6.04 Å². The highest BCUT2D eigenvalue weighted by Crippen LogP contribution is 2.29. The number of nitrogens with zero attached hydrogens (tertiary/aromatic N) is 3. The number of amides is 1. The zero-order valence-corrected chi connectivity index (χ0v) is 15.5. The lowest BCUT2D eigenvalue weighted by Crippen LogP contribution is -2.34. The van der Waals surface area contributed by atoms with Gasteiger partial charge in [0.1, 0.15) is 11.4 Å². The number of aromatic nitrogens is 3. The Balaban J connectivity index is 1.86. The van der Waals surface area contributed by atoms with Crippen LogP contribution < -0.4 is 4.74 Å². The van der Waals surface area contributed by atoms with Gasteiger partial charge in [-0.1, -0.05) is 18.2 Å². The molecule has 7 nitrogen and oxygen atoms in total. The van der Waals surface area contributed by atoms with Gasteiger partial charge in [0.15, 0.2) is 0 Å². The number of para-hydroxylation sites is 1. The lowest BCUT2D eigenvalue weighted by Gasteiger charge is -2.26. The Labute approximate surface area is 158 Å². The van der Waals surface area contributed by atoms with Gasteiger partial charge in [-0.05, 0) is 30.3 Å². The number of ether oxygens (including phenoxy) is 2. The first-order valence-corrected chi connectivity index (χ1v) is 8.51. The van der Waals surface area contributed by atoms with Gasteiger partial charge in [0, 0.05) is 25.9 Å². The summed E-state index contributed by atoms with van der Waals surface area (Å²) in [4.78, 5) is 18.9. The number of carbonyl (C=O) groups is 1. The summed E-state index contributed by atoms with van der Waals surface area (Å²) in [5, 5.41) is 7.10. The van der Waals surface area contributed by atoms with Gasteiger partial charge < -0.3 is 14.4 Å². The number of benzene rings is 1. The minimum absolute atomic E-state index is 0.198. The summed E-state index contributed by atoms with van der Waals surface area (Å²) in [5.41, 5.74) is 2.61. The van der Waals surface area contributed by atoms with Gasteiger partial charge in [-0.3, -0.25) is 14.9 Å². The molecule has 0 spiro atoms. The van der Waals surface area contributed by atoms with E-state index in [4.69, 9.17) is 9.47 Å². The zero-order valence-electron chi connectivity index (χ0n) is 15.5. The summed E-state index contributed by atoms with van der Waals surface area (Å²) in [7, 11) is 4.93. The van der Waals surface area contributed by atoms with Crippen molar-refractivity contribution in [1.82, 2.24) is 20.1 Å². The molecule has 27 heavy (non-hydrogen) atoms. The minimum atomic E-state index is -0.304. The third-order valence-electron chi connectivity index (χ3n) is 4.33. The van der Waals surface area contributed by atoms with Gasteiger partial charge in [-0.25, -0.2) is 0 Å². The first-order chi connectivity index (χ1) is 13.2. The van der Waals surface area contributed by atoms with Crippen LogP contribution in [0.1, 0.15) is 22.2 Å². The van der Waals surface area contributed by atoms with Crippen molar-refractivity contribution >= 4 is 5.91 Å². The maximum Gasteiger partial charge on any atom is 0.272 e. The Morgan fingerprint density at radius 3 is 2.67 bits per heavy atom. The Kier molecular flexibility index (Phi) is 5.83. The molecule has 1 atom stereocenters. The average molecular weight is 366 g/mol. The number of methoxy groups -OCH3 is 2. The molecule has 0 radical (unpaired) electrons. The summed E-state index contributed by atoms with van der Waals surface area (Å²) in [6.45, 7) is 0.340. The molecule has 2 aromatic heterocycles. The van der Waals surface area contributed by atoms with Gasteiger partial charge in [-0.2, -0.15) is 5.10 Å². The van der Waals surface area contributed by atoms with Crippen molar-refractivity contribution in [2.24, 2.45) is 0 Å². The van der Waals surface area contributed by atoms with Crippen LogP contribution in [0.5, 0.6) is 5.75 Å². The smallest absolute Gasteiger partial charge is 0.272 e. The van der Waals surface area contributed by atoms with E-state index in [0.29, 0.717) is 23.7 Å². The molecule has 0 aliphatic heterocycles. The van der Waals surface area contributed by atoms with E-state index in [9.17, 15) is 4.79 Å². The second kappa shape index (κ2) is 8.46. The van der Waals surface area contributed by atoms with Crippen molar-refractivity contribution in [2.75, 3.05) is 27.9 Å².